The molecule has 0 aliphatic heterocycles. The summed E-state index contributed by atoms with van der Waals surface area (Å²) in [7, 11) is 0. The van der Waals surface area contributed by atoms with Crippen molar-refractivity contribution >= 4 is 34.4 Å². The maximum Gasteiger partial charge on any atom is 0.344 e. The molecule has 1 saturated carbocycles. The lowest BCUT2D eigenvalue weighted by Gasteiger charge is -2.36. The van der Waals surface area contributed by atoms with E-state index in [1.807, 2.05) is 36.4 Å². The molecule has 0 radical (unpaired) electrons. The van der Waals surface area contributed by atoms with Crippen LogP contribution in [0, 0.1) is 17.8 Å². The highest BCUT2D eigenvalue weighted by molar-refractivity contribution is 6.30. The summed E-state index contributed by atoms with van der Waals surface area (Å²) in [5.74, 6) is 0.201. The summed E-state index contributed by atoms with van der Waals surface area (Å²) in [4.78, 5) is 30.3. The number of para-hydroxylation sites is 1. The number of hydrogen-bond acceptors (Lipinski definition) is 5. The predicted molar refractivity (Wildman–Crippen MR) is 134 cm³/mol. The molecule has 0 bridgehead atoms. The molecule has 1 heterocycles. The molecule has 0 unspecified atom stereocenters. The quantitative estimate of drug-likeness (QED) is 0.367. The Morgan fingerprint density at radius 3 is 2.56 bits per heavy atom. The summed E-state index contributed by atoms with van der Waals surface area (Å²) >= 11 is 6.01. The second-order valence-corrected chi connectivity index (χ2v) is 9.95. The molecule has 178 valence electrons. The predicted octanol–water partition coefficient (Wildman–Crippen LogP) is 6.72. The number of aromatic nitrogens is 1. The summed E-state index contributed by atoms with van der Waals surface area (Å²) in [5, 5.41) is 1.29. The van der Waals surface area contributed by atoms with Crippen LogP contribution in [0.4, 0.5) is 0 Å². The maximum absolute atomic E-state index is 13.0. The highest BCUT2D eigenvalue weighted by atomic mass is 35.5. The fourth-order valence-corrected chi connectivity index (χ4v) is 4.89. The Morgan fingerprint density at radius 1 is 1.09 bits per heavy atom. The molecule has 0 N–H and O–H groups in total. The van der Waals surface area contributed by atoms with Crippen LogP contribution < -0.4 is 0 Å². The third-order valence-electron chi connectivity index (χ3n) is 6.64. The van der Waals surface area contributed by atoms with Crippen LogP contribution in [-0.2, 0) is 14.3 Å². The SMILES string of the molecule is CC(C)[C@@H]1CC[C@@H](C)C[C@@H]1OC(=O)COC(=O)c1cc(-c2ccc(Cl)cc2)nc2ccccc12. The highest BCUT2D eigenvalue weighted by Crippen LogP contribution is 2.35. The minimum absolute atomic E-state index is 0.131. The van der Waals surface area contributed by atoms with Gasteiger partial charge in [0.2, 0.25) is 0 Å². The number of esters is 2. The Balaban J connectivity index is 1.50. The molecule has 5 nitrogen and oxygen atoms in total. The molecule has 0 saturated heterocycles. The Morgan fingerprint density at radius 2 is 1.82 bits per heavy atom. The molecule has 1 aliphatic carbocycles. The van der Waals surface area contributed by atoms with E-state index in [2.05, 4.69) is 25.8 Å². The smallest absolute Gasteiger partial charge is 0.344 e. The van der Waals surface area contributed by atoms with Crippen molar-refractivity contribution in [3.63, 3.8) is 0 Å². The number of rotatable bonds is 6. The zero-order chi connectivity index (χ0) is 24.2. The third kappa shape index (κ3) is 5.58. The first-order valence-electron chi connectivity index (χ1n) is 11.8. The minimum atomic E-state index is -0.580. The van der Waals surface area contributed by atoms with Crippen LogP contribution in [0.3, 0.4) is 0 Å². The fourth-order valence-electron chi connectivity index (χ4n) is 4.77. The first-order chi connectivity index (χ1) is 16.3. The number of ether oxygens (including phenoxy) is 2. The Hall–Kier alpha value is -2.92. The van der Waals surface area contributed by atoms with Crippen LogP contribution in [-0.4, -0.2) is 29.6 Å². The number of pyridine rings is 1. The van der Waals surface area contributed by atoms with Crippen LogP contribution >= 0.6 is 11.6 Å². The number of nitrogens with zero attached hydrogens (tertiary/aromatic N) is 1. The van der Waals surface area contributed by atoms with Gasteiger partial charge in [-0.25, -0.2) is 14.6 Å². The standard InChI is InChI=1S/C28H30ClNO4/c1-17(2)21-13-8-18(3)14-26(21)34-27(31)16-33-28(32)23-15-25(19-9-11-20(29)12-10-19)30-24-7-5-4-6-22(23)24/h4-7,9-12,15,17-18,21,26H,8,13-14,16H2,1-3H3/t18-,21+,26+/m1/s1. The molecule has 4 rings (SSSR count). The monoisotopic (exact) mass is 479 g/mol. The van der Waals surface area contributed by atoms with Gasteiger partial charge < -0.3 is 9.47 Å². The number of halogens is 1. The van der Waals surface area contributed by atoms with Gasteiger partial charge in [0.25, 0.3) is 0 Å². The zero-order valence-electron chi connectivity index (χ0n) is 19.8. The maximum atomic E-state index is 13.0. The molecule has 3 aromatic rings. The zero-order valence-corrected chi connectivity index (χ0v) is 20.5. The van der Waals surface area contributed by atoms with E-state index in [9.17, 15) is 9.59 Å². The van der Waals surface area contributed by atoms with E-state index in [0.29, 0.717) is 44.9 Å². The molecule has 0 spiro atoms. The van der Waals surface area contributed by atoms with Gasteiger partial charge in [0.05, 0.1) is 16.8 Å². The van der Waals surface area contributed by atoms with Crippen LogP contribution in [0.5, 0.6) is 0 Å². The summed E-state index contributed by atoms with van der Waals surface area (Å²) < 4.78 is 11.2. The van der Waals surface area contributed by atoms with E-state index in [1.165, 1.54) is 0 Å². The van der Waals surface area contributed by atoms with Gasteiger partial charge in [-0.3, -0.25) is 0 Å². The van der Waals surface area contributed by atoms with E-state index in [1.54, 1.807) is 18.2 Å². The third-order valence-corrected chi connectivity index (χ3v) is 6.89. The van der Waals surface area contributed by atoms with Crippen molar-refractivity contribution in [1.29, 1.82) is 0 Å². The van der Waals surface area contributed by atoms with E-state index < -0.39 is 18.5 Å². The van der Waals surface area contributed by atoms with Gasteiger partial charge in [0, 0.05) is 16.0 Å². The van der Waals surface area contributed by atoms with Gasteiger partial charge in [-0.1, -0.05) is 69.1 Å². The van der Waals surface area contributed by atoms with Crippen molar-refractivity contribution in [2.45, 2.75) is 46.1 Å². The molecule has 2 aromatic carbocycles. The first-order valence-corrected chi connectivity index (χ1v) is 12.2. The average Bonchev–Trinajstić information content (AvgIpc) is 2.82. The molecular formula is C28H30ClNO4. The number of hydrogen-bond donors (Lipinski definition) is 0. The molecule has 1 aliphatic rings. The number of benzene rings is 2. The number of fused-ring (bicyclic) bond motifs is 1. The topological polar surface area (TPSA) is 65.5 Å². The van der Waals surface area contributed by atoms with E-state index in [0.717, 1.165) is 24.8 Å². The van der Waals surface area contributed by atoms with Gasteiger partial charge in [0.1, 0.15) is 6.10 Å². The number of carbonyl (C=O) groups excluding carboxylic acids is 2. The van der Waals surface area contributed by atoms with Crippen LogP contribution in [0.15, 0.2) is 54.6 Å². The van der Waals surface area contributed by atoms with Crippen LogP contribution in [0.2, 0.25) is 5.02 Å². The second kappa shape index (κ2) is 10.6. The minimum Gasteiger partial charge on any atom is -0.460 e. The first kappa shape index (κ1) is 24.2. The fraction of sp³-hybridized carbons (Fsp3) is 0.393. The molecule has 0 amide bonds. The molecule has 6 heteroatoms. The lowest BCUT2D eigenvalue weighted by molar-refractivity contribution is -0.159. The summed E-state index contributed by atoms with van der Waals surface area (Å²) in [6, 6.07) is 16.3. The summed E-state index contributed by atoms with van der Waals surface area (Å²) in [6.45, 7) is 6.09. The molecule has 1 aromatic heterocycles. The Bertz CT molecular complexity index is 1170. The van der Waals surface area contributed by atoms with Gasteiger partial charge in [-0.15, -0.1) is 0 Å². The molecule has 1 fully saturated rings. The Labute approximate surface area is 205 Å². The van der Waals surface area contributed by atoms with Gasteiger partial charge in [-0.2, -0.15) is 0 Å². The van der Waals surface area contributed by atoms with Crippen molar-refractivity contribution in [3.05, 3.63) is 65.2 Å². The van der Waals surface area contributed by atoms with E-state index >= 15 is 0 Å². The largest absolute Gasteiger partial charge is 0.460 e. The van der Waals surface area contributed by atoms with E-state index in [-0.39, 0.29) is 6.10 Å². The highest BCUT2D eigenvalue weighted by Gasteiger charge is 2.33. The van der Waals surface area contributed by atoms with Crippen LogP contribution in [0.25, 0.3) is 22.2 Å². The normalized spacial score (nSPS) is 20.3. The lowest BCUT2D eigenvalue weighted by Crippen LogP contribution is -2.36. The summed E-state index contributed by atoms with van der Waals surface area (Å²) in [5.41, 5.74) is 2.48. The van der Waals surface area contributed by atoms with Gasteiger partial charge in [-0.05, 0) is 54.9 Å². The van der Waals surface area contributed by atoms with Crippen molar-refractivity contribution in [3.8, 4) is 11.3 Å². The van der Waals surface area contributed by atoms with Gasteiger partial charge >= 0.3 is 11.9 Å². The molecule has 3 atom stereocenters. The average molecular weight is 480 g/mol. The molecular weight excluding hydrogens is 450 g/mol. The van der Waals surface area contributed by atoms with Crippen molar-refractivity contribution in [2.75, 3.05) is 6.61 Å². The van der Waals surface area contributed by atoms with Crippen molar-refractivity contribution in [1.82, 2.24) is 4.98 Å². The molecule has 34 heavy (non-hydrogen) atoms. The van der Waals surface area contributed by atoms with Crippen molar-refractivity contribution in [2.24, 2.45) is 17.8 Å². The summed E-state index contributed by atoms with van der Waals surface area (Å²) in [6.07, 6.45) is 2.92. The number of carbonyl (C=O) groups is 2. The van der Waals surface area contributed by atoms with Gasteiger partial charge in [0.15, 0.2) is 6.61 Å². The van der Waals surface area contributed by atoms with Crippen molar-refractivity contribution < 1.29 is 19.1 Å². The van der Waals surface area contributed by atoms with E-state index in [4.69, 9.17) is 21.1 Å². The second-order valence-electron chi connectivity index (χ2n) is 9.51. The Kier molecular flexibility index (Phi) is 7.52. The lowest BCUT2D eigenvalue weighted by atomic mass is 9.75. The van der Waals surface area contributed by atoms with Crippen LogP contribution in [0.1, 0.15) is 50.4 Å².